The lowest BCUT2D eigenvalue weighted by atomic mass is 10.1. The van der Waals surface area contributed by atoms with Gasteiger partial charge in [0.1, 0.15) is 6.29 Å². The van der Waals surface area contributed by atoms with Crippen LogP contribution in [0.25, 0.3) is 0 Å². The number of rotatable bonds is 9. The van der Waals surface area contributed by atoms with Crippen molar-refractivity contribution in [2.45, 2.75) is 38.5 Å². The fourth-order valence-corrected chi connectivity index (χ4v) is 1.09. The van der Waals surface area contributed by atoms with Crippen molar-refractivity contribution in [3.63, 3.8) is 0 Å². The number of hydrogen-bond donors (Lipinski definition) is 0. The van der Waals surface area contributed by atoms with Gasteiger partial charge in [-0.25, -0.2) is 4.79 Å². The van der Waals surface area contributed by atoms with E-state index in [-0.39, 0.29) is 5.97 Å². The first-order valence-corrected chi connectivity index (χ1v) is 5.04. The summed E-state index contributed by atoms with van der Waals surface area (Å²) in [6.45, 7) is 3.77. The maximum atomic E-state index is 10.6. The van der Waals surface area contributed by atoms with E-state index in [0.29, 0.717) is 13.0 Å². The standard InChI is InChI=1S/C11H18O3/c1-2-11(13)14-10-8-6-4-3-5-7-9-12/h2,9H,1,3-8,10H2. The van der Waals surface area contributed by atoms with Crippen molar-refractivity contribution < 1.29 is 14.3 Å². The van der Waals surface area contributed by atoms with Crippen LogP contribution >= 0.6 is 0 Å². The van der Waals surface area contributed by atoms with Crippen molar-refractivity contribution in [1.82, 2.24) is 0 Å². The molecule has 0 aromatic heterocycles. The summed E-state index contributed by atoms with van der Waals surface area (Å²) in [6.07, 6.45) is 7.86. The van der Waals surface area contributed by atoms with Gasteiger partial charge in [-0.15, -0.1) is 0 Å². The lowest BCUT2D eigenvalue weighted by molar-refractivity contribution is -0.137. The molecule has 0 radical (unpaired) electrons. The Hall–Kier alpha value is -1.12. The van der Waals surface area contributed by atoms with Crippen molar-refractivity contribution >= 4 is 12.3 Å². The Kier molecular flexibility index (Phi) is 9.17. The molecule has 80 valence electrons. The molecule has 0 N–H and O–H groups in total. The molecular formula is C11H18O3. The normalized spacial score (nSPS) is 9.43. The van der Waals surface area contributed by atoms with Crippen LogP contribution in [-0.2, 0) is 14.3 Å². The first kappa shape index (κ1) is 12.9. The van der Waals surface area contributed by atoms with Crippen LogP contribution in [0.5, 0.6) is 0 Å². The first-order chi connectivity index (χ1) is 6.81. The predicted octanol–water partition coefficient (Wildman–Crippen LogP) is 2.26. The number of unbranched alkanes of at least 4 members (excludes halogenated alkanes) is 5. The third-order valence-corrected chi connectivity index (χ3v) is 1.88. The summed E-state index contributed by atoms with van der Waals surface area (Å²) in [5.74, 6) is -0.356. The van der Waals surface area contributed by atoms with Gasteiger partial charge < -0.3 is 9.53 Å². The van der Waals surface area contributed by atoms with Gasteiger partial charge >= 0.3 is 5.97 Å². The van der Waals surface area contributed by atoms with Crippen LogP contribution in [0.15, 0.2) is 12.7 Å². The molecule has 3 heteroatoms. The molecule has 0 aromatic carbocycles. The molecule has 0 aliphatic carbocycles. The van der Waals surface area contributed by atoms with E-state index >= 15 is 0 Å². The van der Waals surface area contributed by atoms with Gasteiger partial charge in [0.25, 0.3) is 0 Å². The highest BCUT2D eigenvalue weighted by Gasteiger charge is 1.95. The highest BCUT2D eigenvalue weighted by atomic mass is 16.5. The third-order valence-electron chi connectivity index (χ3n) is 1.88. The molecule has 3 nitrogen and oxygen atoms in total. The maximum Gasteiger partial charge on any atom is 0.330 e. The molecule has 0 saturated carbocycles. The zero-order chi connectivity index (χ0) is 10.6. The van der Waals surface area contributed by atoms with E-state index in [2.05, 4.69) is 6.58 Å². The monoisotopic (exact) mass is 198 g/mol. The van der Waals surface area contributed by atoms with Gasteiger partial charge in [-0.1, -0.05) is 25.8 Å². The summed E-state index contributed by atoms with van der Waals surface area (Å²) in [5, 5.41) is 0. The molecule has 0 saturated heterocycles. The Morgan fingerprint density at radius 1 is 1.14 bits per heavy atom. The average molecular weight is 198 g/mol. The topological polar surface area (TPSA) is 43.4 Å². The Labute approximate surface area is 85.1 Å². The van der Waals surface area contributed by atoms with Crippen LogP contribution < -0.4 is 0 Å². The summed E-state index contributed by atoms with van der Waals surface area (Å²) >= 11 is 0. The molecule has 0 rings (SSSR count). The molecule has 0 aliphatic rings. The van der Waals surface area contributed by atoms with Crippen molar-refractivity contribution in [2.24, 2.45) is 0 Å². The van der Waals surface area contributed by atoms with E-state index in [4.69, 9.17) is 4.74 Å². The van der Waals surface area contributed by atoms with Gasteiger partial charge in [-0.2, -0.15) is 0 Å². The molecule has 0 spiro atoms. The molecule has 0 atom stereocenters. The fraction of sp³-hybridized carbons (Fsp3) is 0.636. The third kappa shape index (κ3) is 8.97. The number of aldehydes is 1. The SMILES string of the molecule is C=CC(=O)OCCCCCCCC=O. The second kappa shape index (κ2) is 9.96. The largest absolute Gasteiger partial charge is 0.463 e. The predicted molar refractivity (Wildman–Crippen MR) is 54.9 cm³/mol. The van der Waals surface area contributed by atoms with Gasteiger partial charge in [0.15, 0.2) is 0 Å². The van der Waals surface area contributed by atoms with E-state index in [1.165, 1.54) is 6.08 Å². The van der Waals surface area contributed by atoms with Crippen LogP contribution in [0.2, 0.25) is 0 Å². The second-order valence-electron chi connectivity index (χ2n) is 3.09. The summed E-state index contributed by atoms with van der Waals surface area (Å²) < 4.78 is 4.81. The number of hydrogen-bond acceptors (Lipinski definition) is 3. The lowest BCUT2D eigenvalue weighted by Crippen LogP contribution is -2.01. The summed E-state index contributed by atoms with van der Waals surface area (Å²) in [4.78, 5) is 20.6. The molecule has 0 aromatic rings. The van der Waals surface area contributed by atoms with Crippen molar-refractivity contribution in [3.05, 3.63) is 12.7 Å². The Bertz CT molecular complexity index is 175. The van der Waals surface area contributed by atoms with Gasteiger partial charge in [0.05, 0.1) is 6.61 Å². The van der Waals surface area contributed by atoms with Crippen LogP contribution in [0.4, 0.5) is 0 Å². The van der Waals surface area contributed by atoms with E-state index in [0.717, 1.165) is 38.4 Å². The van der Waals surface area contributed by atoms with Gasteiger partial charge in [-0.3, -0.25) is 0 Å². The minimum atomic E-state index is -0.356. The minimum Gasteiger partial charge on any atom is -0.463 e. The van der Waals surface area contributed by atoms with Crippen molar-refractivity contribution in [2.75, 3.05) is 6.61 Å². The average Bonchev–Trinajstić information content (AvgIpc) is 2.21. The van der Waals surface area contributed by atoms with Crippen LogP contribution in [0, 0.1) is 0 Å². The Morgan fingerprint density at radius 3 is 2.43 bits per heavy atom. The summed E-state index contributed by atoms with van der Waals surface area (Å²) in [5.41, 5.74) is 0. The number of carbonyl (C=O) groups is 2. The first-order valence-electron chi connectivity index (χ1n) is 5.04. The van der Waals surface area contributed by atoms with Crippen molar-refractivity contribution in [3.8, 4) is 0 Å². The van der Waals surface area contributed by atoms with E-state index in [1.54, 1.807) is 0 Å². The van der Waals surface area contributed by atoms with Gasteiger partial charge in [0.2, 0.25) is 0 Å². The number of carbonyl (C=O) groups excluding carboxylic acids is 2. The van der Waals surface area contributed by atoms with Crippen LogP contribution in [0.1, 0.15) is 38.5 Å². The molecule has 0 fully saturated rings. The summed E-state index contributed by atoms with van der Waals surface area (Å²) in [6, 6.07) is 0. The molecule has 14 heavy (non-hydrogen) atoms. The summed E-state index contributed by atoms with van der Waals surface area (Å²) in [7, 11) is 0. The molecule has 0 unspecified atom stereocenters. The zero-order valence-corrected chi connectivity index (χ0v) is 8.54. The molecule has 0 bridgehead atoms. The van der Waals surface area contributed by atoms with E-state index < -0.39 is 0 Å². The van der Waals surface area contributed by atoms with Gasteiger partial charge in [0, 0.05) is 12.5 Å². The molecular weight excluding hydrogens is 180 g/mol. The Balaban J connectivity index is 3.02. The number of esters is 1. The second-order valence-corrected chi connectivity index (χ2v) is 3.09. The quantitative estimate of drug-likeness (QED) is 0.247. The maximum absolute atomic E-state index is 10.6. The Morgan fingerprint density at radius 2 is 1.79 bits per heavy atom. The molecule has 0 heterocycles. The smallest absolute Gasteiger partial charge is 0.330 e. The van der Waals surface area contributed by atoms with E-state index in [9.17, 15) is 9.59 Å². The fourth-order valence-electron chi connectivity index (χ4n) is 1.09. The lowest BCUT2D eigenvalue weighted by Gasteiger charge is -2.01. The zero-order valence-electron chi connectivity index (χ0n) is 8.54. The van der Waals surface area contributed by atoms with Gasteiger partial charge in [-0.05, 0) is 12.8 Å². The highest BCUT2D eigenvalue weighted by molar-refractivity contribution is 5.81. The number of ether oxygens (including phenoxy) is 1. The van der Waals surface area contributed by atoms with E-state index in [1.807, 2.05) is 0 Å². The van der Waals surface area contributed by atoms with Crippen molar-refractivity contribution in [1.29, 1.82) is 0 Å². The van der Waals surface area contributed by atoms with Crippen LogP contribution in [0.3, 0.4) is 0 Å². The molecule has 0 amide bonds. The minimum absolute atomic E-state index is 0.356. The highest BCUT2D eigenvalue weighted by Crippen LogP contribution is 2.04. The van der Waals surface area contributed by atoms with Crippen LogP contribution in [-0.4, -0.2) is 18.9 Å². The molecule has 0 aliphatic heterocycles.